The summed E-state index contributed by atoms with van der Waals surface area (Å²) in [7, 11) is 0. The summed E-state index contributed by atoms with van der Waals surface area (Å²) in [5.74, 6) is 0.545. The lowest BCUT2D eigenvalue weighted by molar-refractivity contribution is 0.0526. The highest BCUT2D eigenvalue weighted by Crippen LogP contribution is 2.26. The summed E-state index contributed by atoms with van der Waals surface area (Å²) in [5.41, 5.74) is 2.24. The van der Waals surface area contributed by atoms with E-state index >= 15 is 0 Å². The lowest BCUT2D eigenvalue weighted by Crippen LogP contribution is -2.04. The van der Waals surface area contributed by atoms with Crippen molar-refractivity contribution in [3.05, 3.63) is 47.2 Å². The van der Waals surface area contributed by atoms with Crippen LogP contribution in [-0.2, 0) is 4.74 Å². The number of aldehydes is 1. The Morgan fingerprint density at radius 2 is 2.11 bits per heavy atom. The maximum absolute atomic E-state index is 11.6. The van der Waals surface area contributed by atoms with E-state index in [-0.39, 0.29) is 11.7 Å². The molecule has 4 heteroatoms. The Morgan fingerprint density at radius 3 is 2.68 bits per heavy atom. The van der Waals surface area contributed by atoms with Gasteiger partial charge in [0.1, 0.15) is 5.76 Å². The predicted octanol–water partition coefficient (Wildman–Crippen LogP) is 3.24. The van der Waals surface area contributed by atoms with Crippen molar-refractivity contribution in [1.82, 2.24) is 0 Å². The summed E-state index contributed by atoms with van der Waals surface area (Å²) >= 11 is 0. The van der Waals surface area contributed by atoms with Crippen LogP contribution in [0.4, 0.5) is 0 Å². The van der Waals surface area contributed by atoms with Crippen LogP contribution in [0.1, 0.15) is 33.4 Å². The number of furan rings is 1. The summed E-state index contributed by atoms with van der Waals surface area (Å²) in [6.07, 6.45) is 0.659. The van der Waals surface area contributed by atoms with Crippen LogP contribution in [0.2, 0.25) is 0 Å². The molecule has 19 heavy (non-hydrogen) atoms. The Morgan fingerprint density at radius 1 is 1.32 bits per heavy atom. The molecule has 4 nitrogen and oxygen atoms in total. The van der Waals surface area contributed by atoms with Crippen LogP contribution in [-0.4, -0.2) is 18.9 Å². The van der Waals surface area contributed by atoms with E-state index in [1.54, 1.807) is 37.3 Å². The Balaban J connectivity index is 2.33. The zero-order valence-corrected chi connectivity index (χ0v) is 10.8. The first-order valence-corrected chi connectivity index (χ1v) is 5.99. The third-order valence-electron chi connectivity index (χ3n) is 2.75. The van der Waals surface area contributed by atoms with Gasteiger partial charge in [-0.3, -0.25) is 4.79 Å². The second-order valence-electron chi connectivity index (χ2n) is 4.07. The fourth-order valence-electron chi connectivity index (χ4n) is 1.84. The molecule has 0 bridgehead atoms. The van der Waals surface area contributed by atoms with E-state index in [0.29, 0.717) is 24.2 Å². The fourth-order valence-corrected chi connectivity index (χ4v) is 1.84. The lowest BCUT2D eigenvalue weighted by Gasteiger charge is -2.06. The Labute approximate surface area is 111 Å². The van der Waals surface area contributed by atoms with Gasteiger partial charge in [-0.25, -0.2) is 4.79 Å². The van der Waals surface area contributed by atoms with E-state index in [2.05, 4.69) is 0 Å². The molecule has 0 N–H and O–H groups in total. The zero-order valence-electron chi connectivity index (χ0n) is 10.8. The summed E-state index contributed by atoms with van der Waals surface area (Å²) in [6, 6.07) is 8.56. The molecule has 1 aromatic carbocycles. The smallest absolute Gasteiger partial charge is 0.338 e. The third-order valence-corrected chi connectivity index (χ3v) is 2.75. The largest absolute Gasteiger partial charge is 0.462 e. The van der Waals surface area contributed by atoms with Gasteiger partial charge in [0.25, 0.3) is 0 Å². The number of hydrogen-bond donors (Lipinski definition) is 0. The average Bonchev–Trinajstić information content (AvgIpc) is 2.87. The molecule has 1 heterocycles. The van der Waals surface area contributed by atoms with E-state index in [0.717, 1.165) is 11.1 Å². The number of benzene rings is 1. The van der Waals surface area contributed by atoms with E-state index in [9.17, 15) is 9.59 Å². The van der Waals surface area contributed by atoms with Crippen LogP contribution in [0.3, 0.4) is 0 Å². The number of aryl methyl sites for hydroxylation is 1. The van der Waals surface area contributed by atoms with Crippen LogP contribution in [0.15, 0.2) is 34.7 Å². The van der Waals surface area contributed by atoms with Crippen molar-refractivity contribution in [2.75, 3.05) is 6.61 Å². The van der Waals surface area contributed by atoms with Crippen molar-refractivity contribution in [3.63, 3.8) is 0 Å². The highest BCUT2D eigenvalue weighted by molar-refractivity contribution is 5.90. The summed E-state index contributed by atoms with van der Waals surface area (Å²) in [5, 5.41) is 0. The minimum absolute atomic E-state index is 0.281. The topological polar surface area (TPSA) is 56.5 Å². The minimum Gasteiger partial charge on any atom is -0.462 e. The van der Waals surface area contributed by atoms with Gasteiger partial charge in [0.05, 0.1) is 12.2 Å². The Kier molecular flexibility index (Phi) is 3.80. The molecule has 0 unspecified atom stereocenters. The Hall–Kier alpha value is -2.36. The van der Waals surface area contributed by atoms with Crippen LogP contribution in [0, 0.1) is 6.92 Å². The molecular formula is C15H14O4. The Bertz CT molecular complexity index is 610. The molecule has 0 aliphatic rings. The maximum Gasteiger partial charge on any atom is 0.338 e. The summed E-state index contributed by atoms with van der Waals surface area (Å²) in [4.78, 5) is 22.2. The quantitative estimate of drug-likeness (QED) is 0.624. The standard InChI is InChI=1S/C15H14O4/c1-3-18-15(17)11-4-6-13(10(2)8-11)14-7-5-12(9-16)19-14/h4-9H,3H2,1-2H3. The normalized spacial score (nSPS) is 10.2. The van der Waals surface area contributed by atoms with Crippen LogP contribution in [0.5, 0.6) is 0 Å². The molecular weight excluding hydrogens is 244 g/mol. The van der Waals surface area contributed by atoms with Crippen LogP contribution < -0.4 is 0 Å². The van der Waals surface area contributed by atoms with Crippen molar-refractivity contribution in [2.45, 2.75) is 13.8 Å². The maximum atomic E-state index is 11.6. The monoisotopic (exact) mass is 258 g/mol. The molecule has 0 saturated carbocycles. The molecule has 1 aromatic heterocycles. The van der Waals surface area contributed by atoms with Gasteiger partial charge < -0.3 is 9.15 Å². The second-order valence-corrected chi connectivity index (χ2v) is 4.07. The van der Waals surface area contributed by atoms with E-state index in [4.69, 9.17) is 9.15 Å². The molecule has 0 aliphatic carbocycles. The van der Waals surface area contributed by atoms with E-state index in [1.807, 2.05) is 6.92 Å². The molecule has 0 radical (unpaired) electrons. The fraction of sp³-hybridized carbons (Fsp3) is 0.200. The lowest BCUT2D eigenvalue weighted by atomic mass is 10.0. The number of carbonyl (C=O) groups is 2. The van der Waals surface area contributed by atoms with Crippen LogP contribution >= 0.6 is 0 Å². The molecule has 0 spiro atoms. The minimum atomic E-state index is -0.342. The highest BCUT2D eigenvalue weighted by atomic mass is 16.5. The van der Waals surface area contributed by atoms with Gasteiger partial charge in [0.2, 0.25) is 0 Å². The van der Waals surface area contributed by atoms with Crippen molar-refractivity contribution in [2.24, 2.45) is 0 Å². The molecule has 0 aliphatic heterocycles. The van der Waals surface area contributed by atoms with E-state index in [1.165, 1.54) is 0 Å². The molecule has 0 amide bonds. The average molecular weight is 258 g/mol. The molecule has 2 rings (SSSR count). The first-order valence-electron chi connectivity index (χ1n) is 5.99. The van der Waals surface area contributed by atoms with Crippen molar-refractivity contribution < 1.29 is 18.7 Å². The van der Waals surface area contributed by atoms with E-state index < -0.39 is 0 Å². The van der Waals surface area contributed by atoms with Gasteiger partial charge in [-0.2, -0.15) is 0 Å². The molecule has 0 fully saturated rings. The summed E-state index contributed by atoms with van der Waals surface area (Å²) in [6.45, 7) is 3.99. The van der Waals surface area contributed by atoms with Crippen molar-refractivity contribution in [3.8, 4) is 11.3 Å². The van der Waals surface area contributed by atoms with Gasteiger partial charge in [-0.1, -0.05) is 6.07 Å². The molecule has 2 aromatic rings. The van der Waals surface area contributed by atoms with Gasteiger partial charge in [0, 0.05) is 5.56 Å². The van der Waals surface area contributed by atoms with Gasteiger partial charge in [-0.05, 0) is 43.7 Å². The molecule has 98 valence electrons. The summed E-state index contributed by atoms with van der Waals surface area (Å²) < 4.78 is 10.3. The third kappa shape index (κ3) is 2.73. The van der Waals surface area contributed by atoms with Gasteiger partial charge >= 0.3 is 5.97 Å². The second kappa shape index (κ2) is 5.52. The zero-order chi connectivity index (χ0) is 13.8. The number of ether oxygens (including phenoxy) is 1. The van der Waals surface area contributed by atoms with Gasteiger partial charge in [0.15, 0.2) is 12.0 Å². The number of carbonyl (C=O) groups excluding carboxylic acids is 2. The SMILES string of the molecule is CCOC(=O)c1ccc(-c2ccc(C=O)o2)c(C)c1. The van der Waals surface area contributed by atoms with Gasteiger partial charge in [-0.15, -0.1) is 0 Å². The number of rotatable bonds is 4. The highest BCUT2D eigenvalue weighted by Gasteiger charge is 2.11. The van der Waals surface area contributed by atoms with Crippen molar-refractivity contribution in [1.29, 1.82) is 0 Å². The molecule has 0 atom stereocenters. The van der Waals surface area contributed by atoms with Crippen LogP contribution in [0.25, 0.3) is 11.3 Å². The first kappa shape index (κ1) is 13.1. The molecule has 0 saturated heterocycles. The first-order chi connectivity index (χ1) is 9.15. The number of hydrogen-bond acceptors (Lipinski definition) is 4. The van der Waals surface area contributed by atoms with Crippen molar-refractivity contribution >= 4 is 12.3 Å². The number of esters is 1. The predicted molar refractivity (Wildman–Crippen MR) is 70.2 cm³/mol.